The lowest BCUT2D eigenvalue weighted by molar-refractivity contribution is 0.535. The van der Waals surface area contributed by atoms with Crippen molar-refractivity contribution in [2.45, 2.75) is 20.4 Å². The number of aromatic nitrogens is 1. The highest BCUT2D eigenvalue weighted by atomic mass is 16.1. The van der Waals surface area contributed by atoms with Crippen LogP contribution in [-0.4, -0.2) is 24.6 Å². The summed E-state index contributed by atoms with van der Waals surface area (Å²) in [5, 5.41) is 6.64. The lowest BCUT2D eigenvalue weighted by atomic mass is 10.2. The first kappa shape index (κ1) is 12.9. The minimum atomic E-state index is -0.0442. The number of pyridine rings is 1. The molecule has 0 aromatic carbocycles. The Labute approximate surface area is 96.5 Å². The molecule has 1 rings (SSSR count). The van der Waals surface area contributed by atoms with E-state index >= 15 is 0 Å². The van der Waals surface area contributed by atoms with Crippen molar-refractivity contribution in [1.29, 1.82) is 0 Å². The fourth-order valence-corrected chi connectivity index (χ4v) is 1.40. The average Bonchev–Trinajstić information content (AvgIpc) is 2.23. The van der Waals surface area contributed by atoms with Gasteiger partial charge in [0, 0.05) is 31.9 Å². The fourth-order valence-electron chi connectivity index (χ4n) is 1.40. The predicted octanol–water partition coefficient (Wildman–Crippen LogP) is 0.710. The van der Waals surface area contributed by atoms with E-state index in [1.807, 2.05) is 6.07 Å². The summed E-state index contributed by atoms with van der Waals surface area (Å²) in [6.07, 6.45) is 1.68. The molecule has 3 N–H and O–H groups in total. The zero-order chi connectivity index (χ0) is 11.8. The van der Waals surface area contributed by atoms with E-state index in [4.69, 9.17) is 0 Å². The molecule has 0 aliphatic heterocycles. The van der Waals surface area contributed by atoms with Crippen LogP contribution in [0.5, 0.6) is 0 Å². The predicted molar refractivity (Wildman–Crippen MR) is 66.5 cm³/mol. The summed E-state index contributed by atoms with van der Waals surface area (Å²) in [6, 6.07) is 3.53. The van der Waals surface area contributed by atoms with Gasteiger partial charge in [-0.05, 0) is 24.1 Å². The molecule has 90 valence electrons. The minimum Gasteiger partial charge on any atom is -0.329 e. The maximum absolute atomic E-state index is 11.0. The van der Waals surface area contributed by atoms with Gasteiger partial charge in [0.25, 0.3) is 0 Å². The van der Waals surface area contributed by atoms with E-state index in [-0.39, 0.29) is 5.56 Å². The Morgan fingerprint density at radius 2 is 2.06 bits per heavy atom. The van der Waals surface area contributed by atoms with Crippen LogP contribution in [0.2, 0.25) is 0 Å². The van der Waals surface area contributed by atoms with Crippen molar-refractivity contribution in [3.8, 4) is 0 Å². The van der Waals surface area contributed by atoms with Gasteiger partial charge in [0.05, 0.1) is 0 Å². The second-order valence-electron chi connectivity index (χ2n) is 4.34. The van der Waals surface area contributed by atoms with Gasteiger partial charge in [0.1, 0.15) is 0 Å². The van der Waals surface area contributed by atoms with Crippen molar-refractivity contribution < 1.29 is 0 Å². The van der Waals surface area contributed by atoms with Gasteiger partial charge in [-0.25, -0.2) is 0 Å². The van der Waals surface area contributed by atoms with E-state index in [2.05, 4.69) is 29.5 Å². The SMILES string of the molecule is CC(C)CNCCNCc1cc[nH]c(=O)c1. The molecule has 0 spiro atoms. The molecule has 0 aliphatic carbocycles. The summed E-state index contributed by atoms with van der Waals surface area (Å²) in [6.45, 7) is 8.05. The summed E-state index contributed by atoms with van der Waals surface area (Å²) in [5.74, 6) is 0.688. The van der Waals surface area contributed by atoms with E-state index in [0.717, 1.165) is 31.7 Å². The molecule has 0 unspecified atom stereocenters. The molecule has 0 radical (unpaired) electrons. The van der Waals surface area contributed by atoms with Gasteiger partial charge in [0.15, 0.2) is 0 Å². The van der Waals surface area contributed by atoms with Crippen LogP contribution in [-0.2, 0) is 6.54 Å². The lowest BCUT2D eigenvalue weighted by Gasteiger charge is -2.08. The van der Waals surface area contributed by atoms with Crippen LogP contribution in [0.4, 0.5) is 0 Å². The molecule has 0 amide bonds. The quantitative estimate of drug-likeness (QED) is 0.597. The molecule has 1 heterocycles. The first-order valence-electron chi connectivity index (χ1n) is 5.77. The van der Waals surface area contributed by atoms with Gasteiger partial charge in [0.2, 0.25) is 5.56 Å². The minimum absolute atomic E-state index is 0.0442. The van der Waals surface area contributed by atoms with Crippen LogP contribution in [0.25, 0.3) is 0 Å². The third-order valence-electron chi connectivity index (χ3n) is 2.20. The van der Waals surface area contributed by atoms with Crippen molar-refractivity contribution in [3.05, 3.63) is 34.2 Å². The standard InChI is InChI=1S/C12H21N3O/c1-10(2)8-13-5-6-14-9-11-3-4-15-12(16)7-11/h3-4,7,10,13-14H,5-6,8-9H2,1-2H3,(H,15,16). The molecule has 4 heteroatoms. The molecule has 1 aromatic heterocycles. The molecule has 4 nitrogen and oxygen atoms in total. The molecular formula is C12H21N3O. The normalized spacial score (nSPS) is 10.9. The second-order valence-corrected chi connectivity index (χ2v) is 4.34. The fraction of sp³-hybridized carbons (Fsp3) is 0.583. The Bertz CT molecular complexity index is 346. The Kier molecular flexibility index (Phi) is 5.82. The molecule has 0 atom stereocenters. The Morgan fingerprint density at radius 1 is 1.31 bits per heavy atom. The van der Waals surface area contributed by atoms with Crippen LogP contribution in [0.15, 0.2) is 23.1 Å². The van der Waals surface area contributed by atoms with Crippen molar-refractivity contribution >= 4 is 0 Å². The van der Waals surface area contributed by atoms with Gasteiger partial charge < -0.3 is 15.6 Å². The van der Waals surface area contributed by atoms with Crippen LogP contribution in [0, 0.1) is 5.92 Å². The second kappa shape index (κ2) is 7.19. The lowest BCUT2D eigenvalue weighted by Crippen LogP contribution is -2.29. The topological polar surface area (TPSA) is 56.9 Å². The molecule has 0 saturated carbocycles. The third kappa shape index (κ3) is 5.68. The highest BCUT2D eigenvalue weighted by Gasteiger charge is 1.94. The molecule has 0 fully saturated rings. The summed E-state index contributed by atoms with van der Waals surface area (Å²) >= 11 is 0. The maximum atomic E-state index is 11.0. The van der Waals surface area contributed by atoms with Gasteiger partial charge in [-0.15, -0.1) is 0 Å². The van der Waals surface area contributed by atoms with Crippen molar-refractivity contribution in [1.82, 2.24) is 15.6 Å². The third-order valence-corrected chi connectivity index (χ3v) is 2.20. The Balaban J connectivity index is 2.09. The van der Waals surface area contributed by atoms with E-state index in [9.17, 15) is 4.79 Å². The first-order chi connectivity index (χ1) is 7.68. The number of rotatable bonds is 7. The molecular weight excluding hydrogens is 202 g/mol. The maximum Gasteiger partial charge on any atom is 0.248 e. The van der Waals surface area contributed by atoms with Crippen molar-refractivity contribution in [3.63, 3.8) is 0 Å². The zero-order valence-corrected chi connectivity index (χ0v) is 10.0. The van der Waals surface area contributed by atoms with Crippen LogP contribution in [0.3, 0.4) is 0 Å². The van der Waals surface area contributed by atoms with E-state index in [0.29, 0.717) is 5.92 Å². The summed E-state index contributed by atoms with van der Waals surface area (Å²) in [5.41, 5.74) is 0.977. The van der Waals surface area contributed by atoms with E-state index in [1.54, 1.807) is 12.3 Å². The summed E-state index contributed by atoms with van der Waals surface area (Å²) < 4.78 is 0. The van der Waals surface area contributed by atoms with Crippen LogP contribution < -0.4 is 16.2 Å². The van der Waals surface area contributed by atoms with E-state index < -0.39 is 0 Å². The Hall–Kier alpha value is -1.13. The zero-order valence-electron chi connectivity index (χ0n) is 10.0. The number of nitrogens with one attached hydrogen (secondary N) is 3. The Morgan fingerprint density at radius 3 is 2.75 bits per heavy atom. The van der Waals surface area contributed by atoms with Crippen LogP contribution in [0.1, 0.15) is 19.4 Å². The van der Waals surface area contributed by atoms with E-state index in [1.165, 1.54) is 0 Å². The number of hydrogen-bond donors (Lipinski definition) is 3. The largest absolute Gasteiger partial charge is 0.329 e. The number of hydrogen-bond acceptors (Lipinski definition) is 3. The monoisotopic (exact) mass is 223 g/mol. The van der Waals surface area contributed by atoms with Gasteiger partial charge in [-0.2, -0.15) is 0 Å². The van der Waals surface area contributed by atoms with Crippen molar-refractivity contribution in [2.24, 2.45) is 5.92 Å². The molecule has 1 aromatic rings. The van der Waals surface area contributed by atoms with Gasteiger partial charge in [-0.1, -0.05) is 13.8 Å². The highest BCUT2D eigenvalue weighted by molar-refractivity contribution is 5.09. The van der Waals surface area contributed by atoms with Crippen LogP contribution >= 0.6 is 0 Å². The molecule has 0 saturated heterocycles. The van der Waals surface area contributed by atoms with Gasteiger partial charge >= 0.3 is 0 Å². The summed E-state index contributed by atoms with van der Waals surface area (Å²) in [4.78, 5) is 13.6. The average molecular weight is 223 g/mol. The number of H-pyrrole nitrogens is 1. The molecule has 16 heavy (non-hydrogen) atoms. The number of aromatic amines is 1. The molecule has 0 aliphatic rings. The van der Waals surface area contributed by atoms with Gasteiger partial charge in [-0.3, -0.25) is 4.79 Å². The molecule has 0 bridgehead atoms. The first-order valence-corrected chi connectivity index (χ1v) is 5.77. The highest BCUT2D eigenvalue weighted by Crippen LogP contribution is 1.91. The van der Waals surface area contributed by atoms with Crippen molar-refractivity contribution in [2.75, 3.05) is 19.6 Å². The smallest absolute Gasteiger partial charge is 0.248 e. The summed E-state index contributed by atoms with van der Waals surface area (Å²) in [7, 11) is 0.